The number of halogens is 3. The smallest absolute Gasteiger partial charge is 0.257 e. The molecule has 0 radical (unpaired) electrons. The Bertz CT molecular complexity index is 403. The average Bonchev–Trinajstić information content (AvgIpc) is 2.24. The molecule has 0 saturated carbocycles. The molecule has 0 heterocycles. The number of nitrogens with one attached hydrogen (secondary N) is 1. The van der Waals surface area contributed by atoms with Crippen LogP contribution in [0.25, 0.3) is 0 Å². The summed E-state index contributed by atoms with van der Waals surface area (Å²) in [7, 11) is 0. The van der Waals surface area contributed by atoms with Crippen LogP contribution in [0.5, 0.6) is 0 Å². The van der Waals surface area contributed by atoms with Gasteiger partial charge in [0.05, 0.1) is 0 Å². The van der Waals surface area contributed by atoms with Crippen LogP contribution in [0, 0.1) is 11.6 Å². The molecule has 3 N–H and O–H groups in total. The Morgan fingerprint density at radius 1 is 1.47 bits per heavy atom. The Morgan fingerprint density at radius 2 is 2.00 bits per heavy atom. The third-order valence-corrected chi connectivity index (χ3v) is 2.74. The minimum absolute atomic E-state index is 0.185. The SMILES string of the molecule is CCC(N)CNC(=O)c1c(F)cc(Br)cc1F. The molecule has 0 bridgehead atoms. The molecule has 17 heavy (non-hydrogen) atoms. The number of carbonyl (C=O) groups is 1. The van der Waals surface area contributed by atoms with Gasteiger partial charge in [-0.1, -0.05) is 22.9 Å². The van der Waals surface area contributed by atoms with Crippen molar-refractivity contribution in [1.29, 1.82) is 0 Å². The van der Waals surface area contributed by atoms with Crippen LogP contribution in [0.15, 0.2) is 16.6 Å². The predicted molar refractivity (Wildman–Crippen MR) is 64.7 cm³/mol. The zero-order valence-electron chi connectivity index (χ0n) is 9.27. The molecule has 1 amide bonds. The predicted octanol–water partition coefficient (Wildman–Crippen LogP) is 2.19. The van der Waals surface area contributed by atoms with Gasteiger partial charge in [0.15, 0.2) is 0 Å². The highest BCUT2D eigenvalue weighted by Crippen LogP contribution is 2.19. The van der Waals surface area contributed by atoms with E-state index in [0.29, 0.717) is 6.42 Å². The monoisotopic (exact) mass is 306 g/mol. The molecule has 0 aliphatic rings. The van der Waals surface area contributed by atoms with Crippen molar-refractivity contribution in [2.75, 3.05) is 6.54 Å². The highest BCUT2D eigenvalue weighted by atomic mass is 79.9. The van der Waals surface area contributed by atoms with E-state index in [-0.39, 0.29) is 17.1 Å². The summed E-state index contributed by atoms with van der Waals surface area (Å²) in [5.74, 6) is -2.60. The molecule has 0 aromatic heterocycles. The van der Waals surface area contributed by atoms with Gasteiger partial charge in [-0.3, -0.25) is 4.79 Å². The van der Waals surface area contributed by atoms with Crippen LogP contribution in [0.3, 0.4) is 0 Å². The maximum atomic E-state index is 13.4. The van der Waals surface area contributed by atoms with Gasteiger partial charge in [0.25, 0.3) is 5.91 Å². The molecule has 3 nitrogen and oxygen atoms in total. The Balaban J connectivity index is 2.82. The summed E-state index contributed by atoms with van der Waals surface area (Å²) >= 11 is 2.94. The molecule has 0 aliphatic heterocycles. The van der Waals surface area contributed by atoms with Crippen molar-refractivity contribution in [3.63, 3.8) is 0 Å². The highest BCUT2D eigenvalue weighted by Gasteiger charge is 2.18. The first kappa shape index (κ1) is 14.1. The summed E-state index contributed by atoms with van der Waals surface area (Å²) in [6, 6.07) is 1.86. The van der Waals surface area contributed by atoms with E-state index in [9.17, 15) is 13.6 Å². The second kappa shape index (κ2) is 6.07. The number of benzene rings is 1. The number of carbonyl (C=O) groups excluding carboxylic acids is 1. The topological polar surface area (TPSA) is 55.1 Å². The lowest BCUT2D eigenvalue weighted by Gasteiger charge is -2.11. The molecule has 0 aliphatic carbocycles. The van der Waals surface area contributed by atoms with Crippen LogP contribution in [0.2, 0.25) is 0 Å². The number of hydrogen-bond donors (Lipinski definition) is 2. The molecule has 0 saturated heterocycles. The van der Waals surface area contributed by atoms with Crippen LogP contribution in [0.1, 0.15) is 23.7 Å². The summed E-state index contributed by atoms with van der Waals surface area (Å²) in [5, 5.41) is 2.39. The number of hydrogen-bond acceptors (Lipinski definition) is 2. The zero-order chi connectivity index (χ0) is 13.0. The van der Waals surface area contributed by atoms with Gasteiger partial charge in [-0.15, -0.1) is 0 Å². The van der Waals surface area contributed by atoms with E-state index in [1.54, 1.807) is 0 Å². The fourth-order valence-corrected chi connectivity index (χ4v) is 1.62. The van der Waals surface area contributed by atoms with Crippen molar-refractivity contribution in [3.8, 4) is 0 Å². The second-order valence-electron chi connectivity index (χ2n) is 3.62. The summed E-state index contributed by atoms with van der Waals surface area (Å²) in [6.07, 6.45) is 0.672. The van der Waals surface area contributed by atoms with E-state index in [1.165, 1.54) is 0 Å². The molecule has 1 aromatic rings. The quantitative estimate of drug-likeness (QED) is 0.896. The third-order valence-electron chi connectivity index (χ3n) is 2.28. The zero-order valence-corrected chi connectivity index (χ0v) is 10.9. The molecule has 0 fully saturated rings. The molecule has 1 rings (SSSR count). The third kappa shape index (κ3) is 3.74. The van der Waals surface area contributed by atoms with Gasteiger partial charge in [-0.25, -0.2) is 8.78 Å². The molecule has 1 unspecified atom stereocenters. The van der Waals surface area contributed by atoms with Crippen molar-refractivity contribution >= 4 is 21.8 Å². The minimum atomic E-state index is -0.903. The van der Waals surface area contributed by atoms with E-state index in [2.05, 4.69) is 21.2 Å². The number of nitrogens with two attached hydrogens (primary N) is 1. The Hall–Kier alpha value is -1.01. The van der Waals surface area contributed by atoms with E-state index >= 15 is 0 Å². The van der Waals surface area contributed by atoms with Crippen LogP contribution in [-0.2, 0) is 0 Å². The van der Waals surface area contributed by atoms with Crippen LogP contribution in [-0.4, -0.2) is 18.5 Å². The highest BCUT2D eigenvalue weighted by molar-refractivity contribution is 9.10. The summed E-state index contributed by atoms with van der Waals surface area (Å²) < 4.78 is 27.1. The first-order chi connectivity index (χ1) is 7.95. The molecule has 6 heteroatoms. The van der Waals surface area contributed by atoms with Crippen LogP contribution < -0.4 is 11.1 Å². The van der Waals surface area contributed by atoms with E-state index in [1.807, 2.05) is 6.92 Å². The van der Waals surface area contributed by atoms with Crippen molar-refractivity contribution < 1.29 is 13.6 Å². The molecule has 1 aromatic carbocycles. The minimum Gasteiger partial charge on any atom is -0.350 e. The maximum Gasteiger partial charge on any atom is 0.257 e. The van der Waals surface area contributed by atoms with E-state index in [0.717, 1.165) is 12.1 Å². The Morgan fingerprint density at radius 3 is 2.47 bits per heavy atom. The maximum absolute atomic E-state index is 13.4. The van der Waals surface area contributed by atoms with Gasteiger partial charge >= 0.3 is 0 Å². The summed E-state index contributed by atoms with van der Waals surface area (Å²) in [4.78, 5) is 11.6. The van der Waals surface area contributed by atoms with E-state index < -0.39 is 23.1 Å². The molecule has 1 atom stereocenters. The fraction of sp³-hybridized carbons (Fsp3) is 0.364. The molecular weight excluding hydrogens is 294 g/mol. The van der Waals surface area contributed by atoms with Gasteiger partial charge in [0.2, 0.25) is 0 Å². The Kier molecular flexibility index (Phi) is 5.02. The Labute approximate surface area is 107 Å². The summed E-state index contributed by atoms with van der Waals surface area (Å²) in [6.45, 7) is 2.04. The molecule has 0 spiro atoms. The van der Waals surface area contributed by atoms with Gasteiger partial charge < -0.3 is 11.1 Å². The van der Waals surface area contributed by atoms with Gasteiger partial charge in [0, 0.05) is 17.1 Å². The van der Waals surface area contributed by atoms with Gasteiger partial charge in [-0.2, -0.15) is 0 Å². The standard InChI is InChI=1S/C11H13BrF2N2O/c1-2-7(15)5-16-11(17)10-8(13)3-6(12)4-9(10)14/h3-4,7H,2,5,15H2,1H3,(H,16,17). The fourth-order valence-electron chi connectivity index (χ4n) is 1.22. The van der Waals surface area contributed by atoms with Crippen molar-refractivity contribution in [2.24, 2.45) is 5.73 Å². The average molecular weight is 307 g/mol. The second-order valence-corrected chi connectivity index (χ2v) is 4.54. The lowest BCUT2D eigenvalue weighted by Crippen LogP contribution is -2.37. The van der Waals surface area contributed by atoms with Crippen molar-refractivity contribution in [1.82, 2.24) is 5.32 Å². The van der Waals surface area contributed by atoms with Crippen LogP contribution in [0.4, 0.5) is 8.78 Å². The van der Waals surface area contributed by atoms with Crippen LogP contribution >= 0.6 is 15.9 Å². The van der Waals surface area contributed by atoms with E-state index in [4.69, 9.17) is 5.73 Å². The van der Waals surface area contributed by atoms with Gasteiger partial charge in [-0.05, 0) is 18.6 Å². The first-order valence-electron chi connectivity index (χ1n) is 5.14. The lowest BCUT2D eigenvalue weighted by molar-refractivity contribution is 0.0942. The molecule has 94 valence electrons. The first-order valence-corrected chi connectivity index (χ1v) is 5.93. The molecular formula is C11H13BrF2N2O. The van der Waals surface area contributed by atoms with Crippen molar-refractivity contribution in [3.05, 3.63) is 33.8 Å². The van der Waals surface area contributed by atoms with Gasteiger partial charge in [0.1, 0.15) is 17.2 Å². The van der Waals surface area contributed by atoms with Crippen molar-refractivity contribution in [2.45, 2.75) is 19.4 Å². The number of rotatable bonds is 4. The lowest BCUT2D eigenvalue weighted by atomic mass is 10.1. The normalized spacial score (nSPS) is 12.3. The largest absolute Gasteiger partial charge is 0.350 e. The summed E-state index contributed by atoms with van der Waals surface area (Å²) in [5.41, 5.74) is 5.00. The number of amides is 1.